The number of carboxylic acids is 1. The van der Waals surface area contributed by atoms with Crippen LogP contribution in [0.1, 0.15) is 77.0 Å². The summed E-state index contributed by atoms with van der Waals surface area (Å²) >= 11 is 0. The van der Waals surface area contributed by atoms with Gasteiger partial charge >= 0.3 is 5.97 Å². The van der Waals surface area contributed by atoms with Gasteiger partial charge in [-0.3, -0.25) is 48.1 Å². The van der Waals surface area contributed by atoms with Gasteiger partial charge in [-0.2, -0.15) is 0 Å². The first-order chi connectivity index (χ1) is 34.4. The fourth-order valence-electron chi connectivity index (χ4n) is 7.31. The summed E-state index contributed by atoms with van der Waals surface area (Å²) in [6, 6.07) is -2.80. The van der Waals surface area contributed by atoms with E-state index in [-0.39, 0.29) is 56.9 Å². The maximum Gasteiger partial charge on any atom is 0.326 e. The molecule has 1 aromatic carbocycles. The lowest BCUT2D eigenvalue weighted by Gasteiger charge is -2.26. The maximum absolute atomic E-state index is 13.9. The van der Waals surface area contributed by atoms with Gasteiger partial charge in [0.25, 0.3) is 0 Å². The third kappa shape index (κ3) is 20.6. The van der Waals surface area contributed by atoms with Crippen LogP contribution in [-0.2, 0) is 60.8 Å². The van der Waals surface area contributed by atoms with Crippen LogP contribution in [0.15, 0.2) is 48.0 Å². The molecular weight excluding hydrogens is 957 g/mol. The first-order valence-corrected chi connectivity index (χ1v) is 23.3. The summed E-state index contributed by atoms with van der Waals surface area (Å²) in [5, 5.41) is 38.0. The van der Waals surface area contributed by atoms with Gasteiger partial charge in [-0.05, 0) is 63.0 Å². The number of nitrogens with two attached hydrogens (primary N) is 5. The van der Waals surface area contributed by atoms with Gasteiger partial charge in [-0.1, -0.05) is 32.0 Å². The quantitative estimate of drug-likeness (QED) is 0.0158. The van der Waals surface area contributed by atoms with E-state index < -0.39 is 133 Å². The minimum atomic E-state index is -1.60. The molecule has 0 radical (unpaired) electrons. The van der Waals surface area contributed by atoms with Crippen LogP contribution in [-0.4, -0.2) is 152 Å². The second-order valence-corrected chi connectivity index (χ2v) is 17.7. The van der Waals surface area contributed by atoms with Crippen LogP contribution in [0, 0.1) is 5.92 Å². The van der Waals surface area contributed by atoms with E-state index in [1.54, 1.807) is 20.0 Å². The third-order valence-electron chi connectivity index (χ3n) is 11.1. The molecule has 28 heteroatoms. The molecule has 0 saturated carbocycles. The number of aliphatic hydroxyl groups is 1. The predicted octanol–water partition coefficient (Wildman–Crippen LogP) is -4.88. The summed E-state index contributed by atoms with van der Waals surface area (Å²) in [5.74, 6) is -10.1. The topological polar surface area (TPSA) is 482 Å². The molecule has 0 aliphatic heterocycles. The number of amides is 9. The Balaban J connectivity index is 1.77. The molecular formula is C45H68N16O12. The largest absolute Gasteiger partial charge is 0.480 e. The van der Waals surface area contributed by atoms with E-state index in [9.17, 15) is 58.2 Å². The number of carbonyl (C=O) groups is 10. The van der Waals surface area contributed by atoms with E-state index in [1.807, 2.05) is 24.3 Å². The maximum atomic E-state index is 13.9. The van der Waals surface area contributed by atoms with Crippen molar-refractivity contribution >= 4 is 76.0 Å². The molecule has 2 aromatic heterocycles. The Bertz CT molecular complexity index is 2420. The molecule has 0 spiro atoms. The number of rotatable bonds is 32. The smallest absolute Gasteiger partial charge is 0.326 e. The average Bonchev–Trinajstić information content (AvgIpc) is 3.99. The molecule has 2 heterocycles. The van der Waals surface area contributed by atoms with Crippen molar-refractivity contribution in [3.63, 3.8) is 0 Å². The standard InChI is InChI=1S/C45H68N16O12/c1-22(2)15-33(44(72)73)60-41(69)31(11-13-35(48)64)57-42(70)32(17-25-19-51-21-55-25)59-40(68)30(10-12-34(47)63)56-36(65)20-54-39(67)29(9-6-14-52-45(49)50)58-43(71)37(23(3)62)61-38(66)27(46)16-24-18-53-28-8-5-4-7-26(24)28/h4-5,7-8,18-19,21-23,27,29-33,37,53,62H,6,9-17,20,46H2,1-3H3,(H2,47,63)(H2,48,64)(H,51,55)(H,54,67)(H,56,65)(H,57,70)(H,58,71)(H,59,68)(H,60,69)(H,61,66)(H,72,73)(H4,49,50,52)/t23-,27+,29+,30+,31+,32+,33+,37+/m1/s1. The van der Waals surface area contributed by atoms with Gasteiger partial charge in [0.1, 0.15) is 36.3 Å². The van der Waals surface area contributed by atoms with E-state index in [4.69, 9.17) is 28.7 Å². The van der Waals surface area contributed by atoms with Gasteiger partial charge in [0.05, 0.1) is 25.0 Å². The van der Waals surface area contributed by atoms with Crippen molar-refractivity contribution in [2.75, 3.05) is 13.1 Å². The number of hydrogen-bond donors (Lipinski definition) is 16. The van der Waals surface area contributed by atoms with Crippen molar-refractivity contribution in [2.24, 2.45) is 39.6 Å². The molecule has 0 bridgehead atoms. The fourth-order valence-corrected chi connectivity index (χ4v) is 7.31. The number of aromatic nitrogens is 3. The zero-order valence-electron chi connectivity index (χ0n) is 40.8. The van der Waals surface area contributed by atoms with E-state index in [2.05, 4.69) is 57.2 Å². The van der Waals surface area contributed by atoms with E-state index >= 15 is 0 Å². The first-order valence-electron chi connectivity index (χ1n) is 23.3. The summed E-state index contributed by atoms with van der Waals surface area (Å²) in [5.41, 5.74) is 29.6. The van der Waals surface area contributed by atoms with Crippen molar-refractivity contribution in [1.29, 1.82) is 0 Å². The number of fused-ring (bicyclic) bond motifs is 1. The van der Waals surface area contributed by atoms with E-state index in [0.29, 0.717) is 5.69 Å². The van der Waals surface area contributed by atoms with Gasteiger partial charge < -0.3 is 86.1 Å². The summed E-state index contributed by atoms with van der Waals surface area (Å²) in [6.45, 7) is 3.90. The minimum Gasteiger partial charge on any atom is -0.480 e. The van der Waals surface area contributed by atoms with Crippen molar-refractivity contribution in [1.82, 2.24) is 52.2 Å². The molecule has 0 unspecified atom stereocenters. The highest BCUT2D eigenvalue weighted by Gasteiger charge is 2.34. The van der Waals surface area contributed by atoms with Gasteiger partial charge in [-0.25, -0.2) is 9.78 Å². The molecule has 21 N–H and O–H groups in total. The summed E-state index contributed by atoms with van der Waals surface area (Å²) in [4.78, 5) is 144. The molecule has 28 nitrogen and oxygen atoms in total. The van der Waals surface area contributed by atoms with Crippen LogP contribution in [0.3, 0.4) is 0 Å². The lowest BCUT2D eigenvalue weighted by molar-refractivity contribution is -0.143. The molecule has 0 aliphatic carbocycles. The van der Waals surface area contributed by atoms with Crippen LogP contribution in [0.25, 0.3) is 10.9 Å². The number of guanidine groups is 1. The Morgan fingerprint density at radius 2 is 1.26 bits per heavy atom. The second kappa shape index (κ2) is 29.3. The molecule has 400 valence electrons. The van der Waals surface area contributed by atoms with Crippen LogP contribution in [0.2, 0.25) is 0 Å². The molecule has 9 amide bonds. The van der Waals surface area contributed by atoms with Gasteiger partial charge in [-0.15, -0.1) is 0 Å². The molecule has 8 atom stereocenters. The number of hydrogen-bond acceptors (Lipinski definition) is 14. The zero-order valence-corrected chi connectivity index (χ0v) is 40.8. The first kappa shape index (κ1) is 59.2. The Morgan fingerprint density at radius 1 is 0.685 bits per heavy atom. The Hall–Kier alpha value is -8.14. The normalized spacial score (nSPS) is 14.4. The van der Waals surface area contributed by atoms with E-state index in [0.717, 1.165) is 16.5 Å². The Morgan fingerprint density at radius 3 is 1.84 bits per heavy atom. The van der Waals surface area contributed by atoms with Crippen molar-refractivity contribution in [2.45, 2.75) is 127 Å². The molecule has 0 saturated heterocycles. The van der Waals surface area contributed by atoms with Crippen LogP contribution in [0.5, 0.6) is 0 Å². The predicted molar refractivity (Wildman–Crippen MR) is 262 cm³/mol. The summed E-state index contributed by atoms with van der Waals surface area (Å²) in [7, 11) is 0. The molecule has 73 heavy (non-hydrogen) atoms. The lowest BCUT2D eigenvalue weighted by Crippen LogP contribution is -2.60. The van der Waals surface area contributed by atoms with Crippen LogP contribution in [0.4, 0.5) is 0 Å². The average molecular weight is 1030 g/mol. The highest BCUT2D eigenvalue weighted by molar-refractivity contribution is 5.97. The van der Waals surface area contributed by atoms with Crippen molar-refractivity contribution in [3.05, 3.63) is 54.2 Å². The number of nitrogens with zero attached hydrogens (tertiary/aromatic N) is 2. The van der Waals surface area contributed by atoms with Crippen LogP contribution < -0.4 is 65.9 Å². The fraction of sp³-hybridized carbons (Fsp3) is 0.511. The number of carboxylic acid groups (broad SMARTS) is 1. The number of imidazole rings is 1. The number of aliphatic carboxylic acids is 1. The molecule has 3 aromatic rings. The zero-order chi connectivity index (χ0) is 54.4. The van der Waals surface area contributed by atoms with E-state index in [1.165, 1.54) is 19.4 Å². The van der Waals surface area contributed by atoms with Gasteiger partial charge in [0.15, 0.2) is 5.96 Å². The van der Waals surface area contributed by atoms with Gasteiger partial charge in [0.2, 0.25) is 53.2 Å². The van der Waals surface area contributed by atoms with Crippen molar-refractivity contribution < 1.29 is 58.2 Å². The summed E-state index contributed by atoms with van der Waals surface area (Å²) in [6.07, 6.45) is 1.05. The Labute approximate surface area is 419 Å². The number of para-hydroxylation sites is 1. The lowest BCUT2D eigenvalue weighted by atomic mass is 10.0. The SMILES string of the molecule is CC(C)C[C@H](NC(=O)[C@H](CCC(N)=O)NC(=O)[C@H](Cc1cnc[nH]1)NC(=O)[C@H](CCC(N)=O)NC(=O)CNC(=O)[C@H](CCCN=C(N)N)NC(=O)[C@@H](NC(=O)[C@@H](N)Cc1c[nH]c2ccccc12)[C@@H](C)O)C(=O)O. The number of aliphatic hydroxyl groups excluding tert-OH is 1. The highest BCUT2D eigenvalue weighted by Crippen LogP contribution is 2.19. The number of aliphatic imine (C=N–C) groups is 1. The summed E-state index contributed by atoms with van der Waals surface area (Å²) < 4.78 is 0. The molecule has 0 aliphatic rings. The van der Waals surface area contributed by atoms with Crippen LogP contribution >= 0.6 is 0 Å². The number of primary amides is 2. The number of aromatic amines is 2. The van der Waals surface area contributed by atoms with Crippen molar-refractivity contribution in [3.8, 4) is 0 Å². The number of H-pyrrole nitrogens is 2. The monoisotopic (exact) mass is 1020 g/mol. The number of carbonyl (C=O) groups excluding carboxylic acids is 9. The number of nitrogens with one attached hydrogen (secondary N) is 9. The third-order valence-corrected chi connectivity index (χ3v) is 11.1. The molecule has 3 rings (SSSR count). The minimum absolute atomic E-state index is 0.0164. The molecule has 0 fully saturated rings. The van der Waals surface area contributed by atoms with Gasteiger partial charge in [0, 0.05) is 54.8 Å². The second-order valence-electron chi connectivity index (χ2n) is 17.7. The Kier molecular flexibility index (Phi) is 23.7. The highest BCUT2D eigenvalue weighted by atomic mass is 16.4. The number of benzene rings is 1.